The second-order valence-electron chi connectivity index (χ2n) is 3.16. The maximum atomic E-state index is 10.8. The van der Waals surface area contributed by atoms with E-state index in [9.17, 15) is 4.79 Å². The molecule has 0 bridgehead atoms. The molecule has 4 nitrogen and oxygen atoms in total. The van der Waals surface area contributed by atoms with Gasteiger partial charge < -0.3 is 15.6 Å². The highest BCUT2D eigenvalue weighted by atomic mass is 32.1. The van der Waals surface area contributed by atoms with Gasteiger partial charge in [0.05, 0.1) is 0 Å². The second kappa shape index (κ2) is 6.75. The number of hydrogen-bond acceptors (Lipinski definition) is 4. The predicted molar refractivity (Wildman–Crippen MR) is 59.8 cm³/mol. The summed E-state index contributed by atoms with van der Waals surface area (Å²) in [5, 5.41) is 8.25. The minimum Gasteiger partial charge on any atom is -0.320 e. The van der Waals surface area contributed by atoms with Crippen molar-refractivity contribution in [1.82, 2.24) is 15.6 Å². The third kappa shape index (κ3) is 4.55. The molecule has 5 heteroatoms. The van der Waals surface area contributed by atoms with Gasteiger partial charge in [-0.25, -0.2) is 0 Å². The Morgan fingerprint density at radius 3 is 2.86 bits per heavy atom. The van der Waals surface area contributed by atoms with E-state index in [0.717, 1.165) is 31.7 Å². The normalized spacial score (nSPS) is 10.6. The van der Waals surface area contributed by atoms with Crippen LogP contribution in [0.15, 0.2) is 10.2 Å². The number of thiazole rings is 1. The Kier molecular flexibility index (Phi) is 5.51. The molecule has 1 rings (SSSR count). The van der Waals surface area contributed by atoms with E-state index < -0.39 is 0 Å². The van der Waals surface area contributed by atoms with Crippen molar-refractivity contribution in [3.8, 4) is 0 Å². The highest BCUT2D eigenvalue weighted by molar-refractivity contribution is 7.07. The van der Waals surface area contributed by atoms with E-state index in [-0.39, 0.29) is 4.87 Å². The summed E-state index contributed by atoms with van der Waals surface area (Å²) in [4.78, 5) is 13.6. The van der Waals surface area contributed by atoms with Crippen LogP contribution in [0.5, 0.6) is 0 Å². The molecular formula is C9H17N3OS. The van der Waals surface area contributed by atoms with Crippen LogP contribution in [0.3, 0.4) is 0 Å². The van der Waals surface area contributed by atoms with Crippen LogP contribution in [0.4, 0.5) is 0 Å². The highest BCUT2D eigenvalue weighted by Crippen LogP contribution is 1.94. The summed E-state index contributed by atoms with van der Waals surface area (Å²) in [5.41, 5.74) is 0.980. The van der Waals surface area contributed by atoms with E-state index in [1.165, 1.54) is 17.8 Å². The SMILES string of the molecule is CNCCCCNCc1csc(=O)[nH]1. The molecule has 1 heterocycles. The minimum atomic E-state index is 0.0250. The lowest BCUT2D eigenvalue weighted by Crippen LogP contribution is -2.17. The highest BCUT2D eigenvalue weighted by Gasteiger charge is 1.94. The summed E-state index contributed by atoms with van der Waals surface area (Å²) >= 11 is 1.22. The first-order chi connectivity index (χ1) is 6.83. The number of aromatic amines is 1. The predicted octanol–water partition coefficient (Wildman–Crippen LogP) is 0.526. The van der Waals surface area contributed by atoms with Crippen molar-refractivity contribution in [2.45, 2.75) is 19.4 Å². The van der Waals surface area contributed by atoms with Gasteiger partial charge >= 0.3 is 4.87 Å². The van der Waals surface area contributed by atoms with Crippen LogP contribution in [0.2, 0.25) is 0 Å². The van der Waals surface area contributed by atoms with Gasteiger partial charge in [0, 0.05) is 17.6 Å². The van der Waals surface area contributed by atoms with E-state index in [1.807, 2.05) is 12.4 Å². The zero-order chi connectivity index (χ0) is 10.2. The lowest BCUT2D eigenvalue weighted by atomic mass is 10.3. The molecule has 0 aliphatic carbocycles. The molecular weight excluding hydrogens is 198 g/mol. The molecule has 0 radical (unpaired) electrons. The third-order valence-electron chi connectivity index (χ3n) is 1.92. The zero-order valence-electron chi connectivity index (χ0n) is 8.43. The molecule has 1 aromatic heterocycles. The molecule has 1 aromatic rings. The summed E-state index contributed by atoms with van der Waals surface area (Å²) in [6.07, 6.45) is 2.35. The molecule has 0 spiro atoms. The van der Waals surface area contributed by atoms with Gasteiger partial charge in [-0.15, -0.1) is 0 Å². The lowest BCUT2D eigenvalue weighted by Gasteiger charge is -2.02. The molecule has 0 unspecified atom stereocenters. The molecule has 0 fully saturated rings. The molecule has 0 atom stereocenters. The lowest BCUT2D eigenvalue weighted by molar-refractivity contribution is 0.601. The van der Waals surface area contributed by atoms with Crippen molar-refractivity contribution in [1.29, 1.82) is 0 Å². The van der Waals surface area contributed by atoms with E-state index in [2.05, 4.69) is 15.6 Å². The number of aromatic nitrogens is 1. The van der Waals surface area contributed by atoms with E-state index in [4.69, 9.17) is 0 Å². The second-order valence-corrected chi connectivity index (χ2v) is 4.00. The van der Waals surface area contributed by atoms with Crippen LogP contribution < -0.4 is 15.5 Å². The Bertz CT molecular complexity index is 294. The van der Waals surface area contributed by atoms with E-state index in [0.29, 0.717) is 0 Å². The summed E-state index contributed by atoms with van der Waals surface area (Å²) < 4.78 is 0. The fraction of sp³-hybridized carbons (Fsp3) is 0.667. The number of H-pyrrole nitrogens is 1. The molecule has 14 heavy (non-hydrogen) atoms. The summed E-state index contributed by atoms with van der Waals surface area (Å²) in [6, 6.07) is 0. The van der Waals surface area contributed by atoms with Gasteiger partial charge in [0.1, 0.15) is 0 Å². The smallest absolute Gasteiger partial charge is 0.304 e. The monoisotopic (exact) mass is 215 g/mol. The molecule has 0 saturated carbocycles. The average molecular weight is 215 g/mol. The quantitative estimate of drug-likeness (QED) is 0.581. The summed E-state index contributed by atoms with van der Waals surface area (Å²) in [7, 11) is 1.96. The summed E-state index contributed by atoms with van der Waals surface area (Å²) in [5.74, 6) is 0. The van der Waals surface area contributed by atoms with Crippen LogP contribution in [0.25, 0.3) is 0 Å². The third-order valence-corrected chi connectivity index (χ3v) is 2.64. The van der Waals surface area contributed by atoms with Gasteiger partial charge in [-0.1, -0.05) is 11.3 Å². The van der Waals surface area contributed by atoms with Crippen molar-refractivity contribution in [3.05, 3.63) is 20.7 Å². The van der Waals surface area contributed by atoms with Crippen molar-refractivity contribution < 1.29 is 0 Å². The average Bonchev–Trinajstić information content (AvgIpc) is 2.58. The first-order valence-electron chi connectivity index (χ1n) is 4.85. The largest absolute Gasteiger partial charge is 0.320 e. The van der Waals surface area contributed by atoms with Gasteiger partial charge in [0.15, 0.2) is 0 Å². The standard InChI is InChI=1S/C9H17N3OS/c1-10-4-2-3-5-11-6-8-7-14-9(13)12-8/h7,10-11H,2-6H2,1H3,(H,12,13). The fourth-order valence-electron chi connectivity index (χ4n) is 1.18. The number of unbranched alkanes of at least 4 members (excludes halogenated alkanes) is 1. The van der Waals surface area contributed by atoms with Gasteiger partial charge in [-0.05, 0) is 33.0 Å². The molecule has 0 amide bonds. The van der Waals surface area contributed by atoms with Crippen LogP contribution in [0.1, 0.15) is 18.5 Å². The Balaban J connectivity index is 2.02. The molecule has 80 valence electrons. The van der Waals surface area contributed by atoms with Crippen molar-refractivity contribution in [2.24, 2.45) is 0 Å². The van der Waals surface area contributed by atoms with Gasteiger partial charge in [0.25, 0.3) is 0 Å². The molecule has 0 aliphatic rings. The first kappa shape index (κ1) is 11.4. The maximum absolute atomic E-state index is 10.8. The number of nitrogens with one attached hydrogen (secondary N) is 3. The Hall–Kier alpha value is -0.650. The van der Waals surface area contributed by atoms with E-state index in [1.54, 1.807) is 0 Å². The van der Waals surface area contributed by atoms with Gasteiger partial charge in [0.2, 0.25) is 0 Å². The molecule has 3 N–H and O–H groups in total. The molecule has 0 saturated heterocycles. The van der Waals surface area contributed by atoms with Gasteiger partial charge in [-0.3, -0.25) is 4.79 Å². The molecule has 0 aromatic carbocycles. The maximum Gasteiger partial charge on any atom is 0.304 e. The first-order valence-corrected chi connectivity index (χ1v) is 5.73. The van der Waals surface area contributed by atoms with Crippen molar-refractivity contribution in [2.75, 3.05) is 20.1 Å². The van der Waals surface area contributed by atoms with Crippen LogP contribution in [-0.4, -0.2) is 25.1 Å². The topological polar surface area (TPSA) is 56.9 Å². The zero-order valence-corrected chi connectivity index (χ0v) is 9.25. The number of hydrogen-bond donors (Lipinski definition) is 3. The number of rotatable bonds is 7. The fourth-order valence-corrected chi connectivity index (χ4v) is 1.76. The van der Waals surface area contributed by atoms with Gasteiger partial charge in [-0.2, -0.15) is 0 Å². The van der Waals surface area contributed by atoms with Crippen molar-refractivity contribution in [3.63, 3.8) is 0 Å². The Morgan fingerprint density at radius 1 is 1.43 bits per heavy atom. The van der Waals surface area contributed by atoms with Crippen LogP contribution in [0, 0.1) is 0 Å². The minimum absolute atomic E-state index is 0.0250. The van der Waals surface area contributed by atoms with E-state index >= 15 is 0 Å². The van der Waals surface area contributed by atoms with Crippen molar-refractivity contribution >= 4 is 11.3 Å². The van der Waals surface area contributed by atoms with Crippen LogP contribution >= 0.6 is 11.3 Å². The molecule has 0 aliphatic heterocycles. The Morgan fingerprint density at radius 2 is 2.21 bits per heavy atom. The Labute approximate surface area is 87.7 Å². The summed E-state index contributed by atoms with van der Waals surface area (Å²) in [6.45, 7) is 2.83. The van der Waals surface area contributed by atoms with Crippen LogP contribution in [-0.2, 0) is 6.54 Å².